The van der Waals surface area contributed by atoms with Crippen molar-refractivity contribution in [3.8, 4) is 0 Å². The minimum absolute atomic E-state index is 0. The van der Waals surface area contributed by atoms with E-state index in [0.717, 1.165) is 38.1 Å². The second kappa shape index (κ2) is 9.76. The number of hydrogen-bond donors (Lipinski definition) is 3. The largest absolute Gasteiger partial charge is 0.416 e. The van der Waals surface area contributed by atoms with Crippen molar-refractivity contribution >= 4 is 35.6 Å². The van der Waals surface area contributed by atoms with E-state index in [1.807, 2.05) is 0 Å². The fraction of sp³-hybridized carbons (Fsp3) is 0.300. The molecule has 3 N–H and O–H groups in total. The van der Waals surface area contributed by atoms with Gasteiger partial charge in [-0.15, -0.1) is 12.4 Å². The van der Waals surface area contributed by atoms with Crippen LogP contribution >= 0.6 is 12.4 Å². The summed E-state index contributed by atoms with van der Waals surface area (Å²) in [7, 11) is 0. The molecule has 1 aliphatic rings. The number of piperidine rings is 1. The summed E-state index contributed by atoms with van der Waals surface area (Å²) in [5.41, 5.74) is -0.0852. The van der Waals surface area contributed by atoms with Crippen LogP contribution in [-0.2, 0) is 11.0 Å². The minimum Gasteiger partial charge on any atom is -0.326 e. The average molecular weight is 428 g/mol. The van der Waals surface area contributed by atoms with E-state index in [-0.39, 0.29) is 29.8 Å². The Labute approximate surface area is 172 Å². The van der Waals surface area contributed by atoms with Gasteiger partial charge in [0.05, 0.1) is 5.56 Å². The first kappa shape index (κ1) is 22.7. The molecule has 0 aromatic heterocycles. The van der Waals surface area contributed by atoms with E-state index in [4.69, 9.17) is 0 Å². The second-order valence-electron chi connectivity index (χ2n) is 6.63. The molecule has 2 aromatic carbocycles. The summed E-state index contributed by atoms with van der Waals surface area (Å²) in [4.78, 5) is 24.6. The molecule has 2 aromatic rings. The Balaban J connectivity index is 0.00000300. The van der Waals surface area contributed by atoms with Crippen molar-refractivity contribution in [3.05, 3.63) is 59.7 Å². The van der Waals surface area contributed by atoms with Crippen LogP contribution in [0.25, 0.3) is 0 Å². The normalized spacial score (nSPS) is 14.6. The number of hydrogen-bond acceptors (Lipinski definition) is 3. The Morgan fingerprint density at radius 2 is 1.55 bits per heavy atom. The van der Waals surface area contributed by atoms with Gasteiger partial charge >= 0.3 is 6.18 Å². The van der Waals surface area contributed by atoms with Crippen LogP contribution in [0, 0.1) is 5.92 Å². The maximum atomic E-state index is 12.8. The second-order valence-corrected chi connectivity index (χ2v) is 6.63. The summed E-state index contributed by atoms with van der Waals surface area (Å²) in [6.45, 7) is 1.59. The molecule has 0 spiro atoms. The highest BCUT2D eigenvalue weighted by molar-refractivity contribution is 6.04. The van der Waals surface area contributed by atoms with Crippen molar-refractivity contribution in [1.82, 2.24) is 5.32 Å². The van der Waals surface area contributed by atoms with E-state index in [1.165, 1.54) is 12.1 Å². The number of carbonyl (C=O) groups is 2. The minimum atomic E-state index is -4.52. The van der Waals surface area contributed by atoms with E-state index >= 15 is 0 Å². The van der Waals surface area contributed by atoms with E-state index in [0.29, 0.717) is 11.4 Å². The van der Waals surface area contributed by atoms with Gasteiger partial charge in [0.1, 0.15) is 0 Å². The fourth-order valence-corrected chi connectivity index (χ4v) is 3.04. The zero-order valence-electron chi connectivity index (χ0n) is 15.4. The molecule has 9 heteroatoms. The van der Waals surface area contributed by atoms with Crippen molar-refractivity contribution in [2.45, 2.75) is 19.0 Å². The number of amides is 2. The molecular weight excluding hydrogens is 407 g/mol. The topological polar surface area (TPSA) is 70.2 Å². The smallest absolute Gasteiger partial charge is 0.326 e. The van der Waals surface area contributed by atoms with Crippen LogP contribution in [0.3, 0.4) is 0 Å². The Morgan fingerprint density at radius 3 is 2.21 bits per heavy atom. The van der Waals surface area contributed by atoms with E-state index in [1.54, 1.807) is 24.3 Å². The molecule has 1 saturated heterocycles. The van der Waals surface area contributed by atoms with Gasteiger partial charge in [-0.25, -0.2) is 0 Å². The molecule has 5 nitrogen and oxygen atoms in total. The van der Waals surface area contributed by atoms with E-state index in [2.05, 4.69) is 16.0 Å². The predicted octanol–water partition coefficient (Wildman–Crippen LogP) is 4.32. The molecule has 0 unspecified atom stereocenters. The number of benzene rings is 2. The van der Waals surface area contributed by atoms with Crippen LogP contribution in [0.1, 0.15) is 28.8 Å². The summed E-state index contributed by atoms with van der Waals surface area (Å²) in [5, 5.41) is 8.58. The van der Waals surface area contributed by atoms with Crippen molar-refractivity contribution in [3.63, 3.8) is 0 Å². The van der Waals surface area contributed by atoms with Crippen LogP contribution < -0.4 is 16.0 Å². The van der Waals surface area contributed by atoms with Gasteiger partial charge in [0.2, 0.25) is 5.91 Å². The summed E-state index contributed by atoms with van der Waals surface area (Å²) >= 11 is 0. The monoisotopic (exact) mass is 427 g/mol. The number of carbonyl (C=O) groups excluding carboxylic acids is 2. The Kier molecular flexibility index (Phi) is 7.64. The Hall–Kier alpha value is -2.58. The Bertz CT molecular complexity index is 868. The maximum absolute atomic E-state index is 12.8. The molecule has 3 rings (SSSR count). The molecule has 29 heavy (non-hydrogen) atoms. The van der Waals surface area contributed by atoms with Gasteiger partial charge in [0, 0.05) is 22.9 Å². The molecule has 0 atom stereocenters. The molecule has 0 saturated carbocycles. The van der Waals surface area contributed by atoms with Crippen molar-refractivity contribution < 1.29 is 22.8 Å². The summed E-state index contributed by atoms with van der Waals surface area (Å²) in [5.74, 6) is -0.805. The quantitative estimate of drug-likeness (QED) is 0.680. The number of anilines is 2. The van der Waals surface area contributed by atoms with Crippen LogP contribution in [0.2, 0.25) is 0 Å². The number of rotatable bonds is 4. The van der Waals surface area contributed by atoms with Gasteiger partial charge in [0.15, 0.2) is 0 Å². The van der Waals surface area contributed by atoms with E-state index in [9.17, 15) is 22.8 Å². The first-order chi connectivity index (χ1) is 13.3. The van der Waals surface area contributed by atoms with Crippen molar-refractivity contribution in [2.24, 2.45) is 5.92 Å². The molecule has 1 heterocycles. The van der Waals surface area contributed by atoms with Gasteiger partial charge in [-0.2, -0.15) is 13.2 Å². The van der Waals surface area contributed by atoms with E-state index < -0.39 is 17.6 Å². The van der Waals surface area contributed by atoms with Gasteiger partial charge < -0.3 is 16.0 Å². The lowest BCUT2D eigenvalue weighted by Gasteiger charge is -2.21. The third-order valence-electron chi connectivity index (χ3n) is 4.55. The molecule has 0 radical (unpaired) electrons. The SMILES string of the molecule is Cl.O=C(Nc1cccc(NC(=O)C2CCNCC2)c1)c1cccc(C(F)(F)F)c1. The molecule has 0 bridgehead atoms. The lowest BCUT2D eigenvalue weighted by molar-refractivity contribution is -0.137. The zero-order valence-corrected chi connectivity index (χ0v) is 16.2. The van der Waals surface area contributed by atoms with Crippen LogP contribution in [0.5, 0.6) is 0 Å². The van der Waals surface area contributed by atoms with Crippen LogP contribution in [0.15, 0.2) is 48.5 Å². The first-order valence-electron chi connectivity index (χ1n) is 8.93. The Morgan fingerprint density at radius 1 is 0.931 bits per heavy atom. The average Bonchev–Trinajstić information content (AvgIpc) is 2.68. The first-order valence-corrected chi connectivity index (χ1v) is 8.93. The number of nitrogens with one attached hydrogen (secondary N) is 3. The molecule has 1 fully saturated rings. The summed E-state index contributed by atoms with van der Waals surface area (Å²) < 4.78 is 38.4. The third kappa shape index (κ3) is 6.20. The van der Waals surface area contributed by atoms with Crippen LogP contribution in [-0.4, -0.2) is 24.9 Å². The highest BCUT2D eigenvalue weighted by atomic mass is 35.5. The van der Waals surface area contributed by atoms with Gasteiger partial charge in [-0.05, 0) is 62.3 Å². The highest BCUT2D eigenvalue weighted by Gasteiger charge is 2.30. The third-order valence-corrected chi connectivity index (χ3v) is 4.55. The summed E-state index contributed by atoms with van der Waals surface area (Å²) in [6, 6.07) is 10.7. The molecule has 2 amide bonds. The highest BCUT2D eigenvalue weighted by Crippen LogP contribution is 2.29. The predicted molar refractivity (Wildman–Crippen MR) is 107 cm³/mol. The van der Waals surface area contributed by atoms with Gasteiger partial charge in [-0.1, -0.05) is 12.1 Å². The molecular formula is C20H21ClF3N3O2. The number of halogens is 4. The van der Waals surface area contributed by atoms with Crippen LogP contribution in [0.4, 0.5) is 24.5 Å². The fourth-order valence-electron chi connectivity index (χ4n) is 3.04. The lowest BCUT2D eigenvalue weighted by atomic mass is 9.97. The summed E-state index contributed by atoms with van der Waals surface area (Å²) in [6.07, 6.45) is -3.00. The number of alkyl halides is 3. The lowest BCUT2D eigenvalue weighted by Crippen LogP contribution is -2.34. The van der Waals surface area contributed by atoms with Crippen molar-refractivity contribution in [1.29, 1.82) is 0 Å². The maximum Gasteiger partial charge on any atom is 0.416 e. The molecule has 1 aliphatic heterocycles. The molecule has 156 valence electrons. The standard InChI is InChI=1S/C20H20F3N3O2.ClH/c21-20(22,23)15-4-1-3-14(11-15)19(28)26-17-6-2-5-16(12-17)25-18(27)13-7-9-24-10-8-13;/h1-6,11-13,24H,7-10H2,(H,25,27)(H,26,28);1H. The van der Waals surface area contributed by atoms with Gasteiger partial charge in [0.25, 0.3) is 5.91 Å². The zero-order chi connectivity index (χ0) is 20.1. The van der Waals surface area contributed by atoms with Gasteiger partial charge in [-0.3, -0.25) is 9.59 Å². The van der Waals surface area contributed by atoms with Crippen molar-refractivity contribution in [2.75, 3.05) is 23.7 Å². The molecule has 0 aliphatic carbocycles.